The molecule has 0 saturated heterocycles. The molecule has 14 heavy (non-hydrogen) atoms. The summed E-state index contributed by atoms with van der Waals surface area (Å²) in [6.07, 6.45) is 0. The summed E-state index contributed by atoms with van der Waals surface area (Å²) >= 11 is 0. The van der Waals surface area contributed by atoms with Gasteiger partial charge in [-0.25, -0.2) is 0 Å². The van der Waals surface area contributed by atoms with E-state index in [2.05, 4.69) is 9.72 Å². The van der Waals surface area contributed by atoms with E-state index in [1.807, 2.05) is 0 Å². The summed E-state index contributed by atoms with van der Waals surface area (Å²) in [5.74, 6) is -0.741. The van der Waals surface area contributed by atoms with Gasteiger partial charge in [-0.05, 0) is 11.8 Å². The minimum absolute atomic E-state index is 0.0679. The molecule has 7 nitrogen and oxygen atoms in total. The molecule has 0 unspecified atom stereocenters. The Balaban J connectivity index is 3.16. The van der Waals surface area contributed by atoms with Gasteiger partial charge in [0.05, 0.1) is 7.05 Å². The van der Waals surface area contributed by atoms with E-state index in [0.29, 0.717) is 0 Å². The van der Waals surface area contributed by atoms with Crippen molar-refractivity contribution >= 4 is 11.8 Å². The molecule has 0 spiro atoms. The van der Waals surface area contributed by atoms with E-state index >= 15 is 0 Å². The first-order valence-corrected chi connectivity index (χ1v) is 3.79. The number of aromatic nitrogens is 2. The van der Waals surface area contributed by atoms with E-state index < -0.39 is 10.9 Å². The zero-order chi connectivity index (χ0) is 10.9. The maximum Gasteiger partial charge on any atom is 0.398 e. The third-order valence-corrected chi connectivity index (χ3v) is 1.60. The van der Waals surface area contributed by atoms with Crippen LogP contribution in [0.1, 0.15) is 12.6 Å². The summed E-state index contributed by atoms with van der Waals surface area (Å²) < 4.78 is 5.79. The first-order chi connectivity index (χ1) is 6.43. The summed E-state index contributed by atoms with van der Waals surface area (Å²) in [5.41, 5.74) is 0.216. The highest BCUT2D eigenvalue weighted by atomic mass is 16.6. The van der Waals surface area contributed by atoms with Crippen LogP contribution in [-0.2, 0) is 11.8 Å². The zero-order valence-corrected chi connectivity index (χ0v) is 7.97. The molecular weight excluding hydrogens is 190 g/mol. The lowest BCUT2D eigenvalue weighted by Gasteiger charge is -1.96. The highest BCUT2D eigenvalue weighted by Gasteiger charge is 2.23. The first-order valence-electron chi connectivity index (χ1n) is 3.79. The van der Waals surface area contributed by atoms with Crippen molar-refractivity contribution in [1.29, 1.82) is 0 Å². The van der Waals surface area contributed by atoms with Crippen LogP contribution in [0.4, 0.5) is 5.82 Å². The fourth-order valence-electron chi connectivity index (χ4n) is 1.08. The van der Waals surface area contributed by atoms with Gasteiger partial charge < -0.3 is 14.9 Å². The van der Waals surface area contributed by atoms with E-state index in [0.717, 1.165) is 4.57 Å². The third-order valence-electron chi connectivity index (χ3n) is 1.60. The van der Waals surface area contributed by atoms with Gasteiger partial charge in [-0.1, -0.05) is 0 Å². The molecule has 0 radical (unpaired) electrons. The molecule has 0 atom stereocenters. The molecule has 1 aromatic rings. The van der Waals surface area contributed by atoms with Gasteiger partial charge in [-0.3, -0.25) is 4.79 Å². The van der Waals surface area contributed by atoms with E-state index in [4.69, 9.17) is 0 Å². The maximum absolute atomic E-state index is 10.6. The van der Waals surface area contributed by atoms with Crippen LogP contribution >= 0.6 is 0 Å². The molecule has 0 fully saturated rings. The summed E-state index contributed by atoms with van der Waals surface area (Å²) in [6.45, 7) is 2.68. The van der Waals surface area contributed by atoms with E-state index in [-0.39, 0.29) is 17.5 Å². The number of carbonyl (C=O) groups is 1. The average Bonchev–Trinajstić information content (AvgIpc) is 2.25. The second-order valence-electron chi connectivity index (χ2n) is 2.71. The highest BCUT2D eigenvalue weighted by molar-refractivity contribution is 5.68. The Morgan fingerprint density at radius 2 is 2.21 bits per heavy atom. The van der Waals surface area contributed by atoms with Gasteiger partial charge in [0.15, 0.2) is 0 Å². The van der Waals surface area contributed by atoms with Crippen LogP contribution in [0.2, 0.25) is 0 Å². The Hall–Kier alpha value is -1.92. The highest BCUT2D eigenvalue weighted by Crippen LogP contribution is 2.22. The second-order valence-corrected chi connectivity index (χ2v) is 2.71. The molecule has 1 rings (SSSR count). The van der Waals surface area contributed by atoms with Crippen LogP contribution in [0.3, 0.4) is 0 Å². The topological polar surface area (TPSA) is 87.3 Å². The molecule has 76 valence electrons. The molecule has 0 aromatic carbocycles. The van der Waals surface area contributed by atoms with Crippen molar-refractivity contribution in [3.8, 4) is 6.01 Å². The Morgan fingerprint density at radius 3 is 2.57 bits per heavy atom. The smallest absolute Gasteiger partial charge is 0.374 e. The Labute approximate surface area is 79.5 Å². The Kier molecular flexibility index (Phi) is 2.50. The molecule has 0 aliphatic heterocycles. The summed E-state index contributed by atoms with van der Waals surface area (Å²) in [6, 6.07) is -0.0679. The molecule has 0 saturated carbocycles. The Morgan fingerprint density at radius 1 is 1.64 bits per heavy atom. The molecule has 1 aromatic heterocycles. The fraction of sp³-hybridized carbons (Fsp3) is 0.429. The molecule has 7 heteroatoms. The predicted octanol–water partition coefficient (Wildman–Crippen LogP) is 0.562. The van der Waals surface area contributed by atoms with Crippen molar-refractivity contribution in [2.24, 2.45) is 7.05 Å². The molecule has 0 bridgehead atoms. The normalized spacial score (nSPS) is 9.93. The summed E-state index contributed by atoms with van der Waals surface area (Å²) in [4.78, 5) is 24.3. The number of ether oxygens (including phenoxy) is 1. The number of nitrogens with zero attached hydrogens (tertiary/aromatic N) is 3. The number of hydrogen-bond donors (Lipinski definition) is 0. The number of carbonyl (C=O) groups excluding carboxylic acids is 1. The fourth-order valence-corrected chi connectivity index (χ4v) is 1.08. The lowest BCUT2D eigenvalue weighted by Crippen LogP contribution is -2.07. The monoisotopic (exact) mass is 199 g/mol. The van der Waals surface area contributed by atoms with Crippen molar-refractivity contribution in [3.63, 3.8) is 0 Å². The van der Waals surface area contributed by atoms with Crippen LogP contribution in [-0.4, -0.2) is 20.4 Å². The first kappa shape index (κ1) is 10.2. The quantitative estimate of drug-likeness (QED) is 0.394. The number of esters is 1. The van der Waals surface area contributed by atoms with Gasteiger partial charge in [0, 0.05) is 6.92 Å². The van der Waals surface area contributed by atoms with Crippen molar-refractivity contribution in [3.05, 3.63) is 15.8 Å². The van der Waals surface area contributed by atoms with Crippen molar-refractivity contribution < 1.29 is 14.5 Å². The zero-order valence-electron chi connectivity index (χ0n) is 7.97. The molecule has 0 amide bonds. The summed E-state index contributed by atoms with van der Waals surface area (Å²) in [7, 11) is 1.41. The van der Waals surface area contributed by atoms with Gasteiger partial charge in [0.2, 0.25) is 0 Å². The molecular formula is C7H9N3O4. The Bertz CT molecular complexity index is 396. The van der Waals surface area contributed by atoms with Gasteiger partial charge in [0.1, 0.15) is 5.69 Å². The van der Waals surface area contributed by atoms with Gasteiger partial charge >= 0.3 is 17.8 Å². The standard InChI is InChI=1S/C7H9N3O4/c1-4-6(10(12)13)9(3)7(8-4)14-5(2)11/h1-3H3. The number of rotatable bonds is 2. The minimum Gasteiger partial charge on any atom is -0.374 e. The lowest BCUT2D eigenvalue weighted by atomic mass is 10.5. The van der Waals surface area contributed by atoms with E-state index in [1.165, 1.54) is 20.9 Å². The van der Waals surface area contributed by atoms with Gasteiger partial charge in [-0.2, -0.15) is 9.55 Å². The van der Waals surface area contributed by atoms with Crippen LogP contribution in [0, 0.1) is 17.0 Å². The van der Waals surface area contributed by atoms with Gasteiger partial charge in [0.25, 0.3) is 0 Å². The molecule has 1 heterocycles. The molecule has 0 N–H and O–H groups in total. The largest absolute Gasteiger partial charge is 0.398 e. The number of imidazole rings is 1. The number of nitro groups is 1. The summed E-state index contributed by atoms with van der Waals surface area (Å²) in [5, 5.41) is 10.5. The van der Waals surface area contributed by atoms with Crippen molar-refractivity contribution in [1.82, 2.24) is 9.55 Å². The van der Waals surface area contributed by atoms with E-state index in [9.17, 15) is 14.9 Å². The van der Waals surface area contributed by atoms with E-state index in [1.54, 1.807) is 0 Å². The van der Waals surface area contributed by atoms with Crippen LogP contribution < -0.4 is 4.74 Å². The second kappa shape index (κ2) is 3.44. The van der Waals surface area contributed by atoms with Crippen LogP contribution in [0.5, 0.6) is 6.01 Å². The van der Waals surface area contributed by atoms with Gasteiger partial charge in [-0.15, -0.1) is 0 Å². The number of aryl methyl sites for hydroxylation is 1. The maximum atomic E-state index is 10.6. The van der Waals surface area contributed by atoms with Crippen LogP contribution in [0.15, 0.2) is 0 Å². The van der Waals surface area contributed by atoms with Crippen molar-refractivity contribution in [2.75, 3.05) is 0 Å². The lowest BCUT2D eigenvalue weighted by molar-refractivity contribution is -0.392. The minimum atomic E-state index is -0.574. The third kappa shape index (κ3) is 1.70. The predicted molar refractivity (Wildman–Crippen MR) is 45.9 cm³/mol. The number of hydrogen-bond acceptors (Lipinski definition) is 5. The van der Waals surface area contributed by atoms with Crippen LogP contribution in [0.25, 0.3) is 0 Å². The average molecular weight is 199 g/mol. The molecule has 0 aliphatic rings. The van der Waals surface area contributed by atoms with Crippen molar-refractivity contribution in [2.45, 2.75) is 13.8 Å². The SMILES string of the molecule is CC(=O)Oc1nc(C)c([N+](=O)[O-])n1C. The molecule has 0 aliphatic carbocycles.